The summed E-state index contributed by atoms with van der Waals surface area (Å²) in [7, 11) is 1.62. The molecule has 2 unspecified atom stereocenters. The van der Waals surface area contributed by atoms with E-state index in [0.29, 0.717) is 6.42 Å². The fraction of sp³-hybridized carbons (Fsp3) is 0.500. The average Bonchev–Trinajstić information content (AvgIpc) is 2.76. The third-order valence-electron chi connectivity index (χ3n) is 6.22. The predicted octanol–water partition coefficient (Wildman–Crippen LogP) is 6.00. The number of nitrogens with one attached hydrogen (secondary N) is 2. The summed E-state index contributed by atoms with van der Waals surface area (Å²) in [5.74, 6) is -0.547. The van der Waals surface area contributed by atoms with Crippen LogP contribution in [-0.2, 0) is 14.3 Å². The van der Waals surface area contributed by atoms with Crippen LogP contribution in [0.5, 0.6) is 0 Å². The number of rotatable bonds is 8. The van der Waals surface area contributed by atoms with Gasteiger partial charge in [-0.3, -0.25) is 9.59 Å². The fourth-order valence-corrected chi connectivity index (χ4v) is 4.48. The van der Waals surface area contributed by atoms with Crippen LogP contribution in [0.15, 0.2) is 36.4 Å². The van der Waals surface area contributed by atoms with Gasteiger partial charge < -0.3 is 20.3 Å². The summed E-state index contributed by atoms with van der Waals surface area (Å²) in [6.45, 7) is 17.0. The summed E-state index contributed by atoms with van der Waals surface area (Å²) in [5, 5.41) is 5.82. The van der Waals surface area contributed by atoms with Gasteiger partial charge >= 0.3 is 6.09 Å². The molecule has 2 N–H and O–H groups in total. The zero-order chi connectivity index (χ0) is 28.1. The number of aryl methyl sites for hydroxylation is 4. The molecule has 7 nitrogen and oxygen atoms in total. The van der Waals surface area contributed by atoms with E-state index in [1.54, 1.807) is 27.8 Å². The first kappa shape index (κ1) is 29.9. The molecule has 0 fully saturated rings. The fourth-order valence-electron chi connectivity index (χ4n) is 4.48. The molecule has 0 bridgehead atoms. The number of anilines is 1. The minimum atomic E-state index is -0.900. The molecule has 202 valence electrons. The molecule has 0 aliphatic heterocycles. The van der Waals surface area contributed by atoms with Crippen molar-refractivity contribution in [3.63, 3.8) is 0 Å². The Morgan fingerprint density at radius 2 is 1.38 bits per heavy atom. The Balaban J connectivity index is 2.50. The molecule has 0 aromatic heterocycles. The maximum Gasteiger partial charge on any atom is 0.408 e. The number of likely N-dealkylation sites (N-methyl/N-ethyl adjacent to an activating group) is 1. The number of hydrogen-bond acceptors (Lipinski definition) is 4. The van der Waals surface area contributed by atoms with Crippen molar-refractivity contribution in [2.24, 2.45) is 5.92 Å². The van der Waals surface area contributed by atoms with Crippen LogP contribution in [0.3, 0.4) is 0 Å². The van der Waals surface area contributed by atoms with Gasteiger partial charge in [0.2, 0.25) is 5.91 Å². The van der Waals surface area contributed by atoms with Gasteiger partial charge in [-0.05, 0) is 88.6 Å². The molecule has 2 aromatic rings. The molecule has 0 saturated heterocycles. The molecule has 0 heterocycles. The Hall–Kier alpha value is -3.35. The highest BCUT2D eigenvalue weighted by Crippen LogP contribution is 2.30. The van der Waals surface area contributed by atoms with Crippen LogP contribution >= 0.6 is 0 Å². The normalized spacial score (nSPS) is 13.1. The van der Waals surface area contributed by atoms with Crippen molar-refractivity contribution in [1.82, 2.24) is 10.2 Å². The Morgan fingerprint density at radius 3 is 1.84 bits per heavy atom. The van der Waals surface area contributed by atoms with Gasteiger partial charge in [0.05, 0.1) is 0 Å². The molecule has 2 aromatic carbocycles. The van der Waals surface area contributed by atoms with Crippen LogP contribution in [0.25, 0.3) is 0 Å². The van der Waals surface area contributed by atoms with E-state index in [1.165, 1.54) is 4.90 Å². The van der Waals surface area contributed by atoms with Crippen molar-refractivity contribution in [2.45, 2.75) is 86.4 Å². The first-order valence-electron chi connectivity index (χ1n) is 12.8. The van der Waals surface area contributed by atoms with E-state index in [1.807, 2.05) is 77.9 Å². The van der Waals surface area contributed by atoms with Crippen LogP contribution < -0.4 is 10.6 Å². The summed E-state index contributed by atoms with van der Waals surface area (Å²) in [6.07, 6.45) is -0.260. The van der Waals surface area contributed by atoms with Crippen molar-refractivity contribution < 1.29 is 19.1 Å². The molecule has 0 spiro atoms. The van der Waals surface area contributed by atoms with Gasteiger partial charge in [0.25, 0.3) is 5.91 Å². The number of para-hydroxylation sites is 1. The van der Waals surface area contributed by atoms with Gasteiger partial charge in [0.1, 0.15) is 17.7 Å². The molecule has 0 aliphatic rings. The van der Waals surface area contributed by atoms with Crippen LogP contribution in [-0.4, -0.2) is 41.5 Å². The number of alkyl carbamates (subject to hydrolysis) is 1. The van der Waals surface area contributed by atoms with Crippen LogP contribution in [0.2, 0.25) is 0 Å². The van der Waals surface area contributed by atoms with Crippen LogP contribution in [0.1, 0.15) is 74.9 Å². The van der Waals surface area contributed by atoms with E-state index in [4.69, 9.17) is 4.74 Å². The minimum absolute atomic E-state index is 0.124. The lowest BCUT2D eigenvalue weighted by atomic mass is 9.93. The molecule has 0 aliphatic carbocycles. The maximum atomic E-state index is 13.9. The summed E-state index contributed by atoms with van der Waals surface area (Å²) in [6, 6.07) is 9.88. The van der Waals surface area contributed by atoms with E-state index < -0.39 is 23.8 Å². The van der Waals surface area contributed by atoms with Crippen molar-refractivity contribution in [1.29, 1.82) is 0 Å². The molecule has 2 rings (SSSR count). The highest BCUT2D eigenvalue weighted by Gasteiger charge is 2.36. The second-order valence-corrected chi connectivity index (χ2v) is 11.2. The lowest BCUT2D eigenvalue weighted by Gasteiger charge is -2.33. The second kappa shape index (κ2) is 12.3. The van der Waals surface area contributed by atoms with Gasteiger partial charge in [-0.25, -0.2) is 4.79 Å². The third-order valence-corrected chi connectivity index (χ3v) is 6.22. The first-order valence-corrected chi connectivity index (χ1v) is 12.8. The van der Waals surface area contributed by atoms with Crippen molar-refractivity contribution >= 4 is 23.6 Å². The molecule has 0 radical (unpaired) electrons. The monoisotopic (exact) mass is 509 g/mol. The number of carbonyl (C=O) groups is 3. The Kier molecular flexibility index (Phi) is 9.90. The number of hydrogen-bond donors (Lipinski definition) is 2. The van der Waals surface area contributed by atoms with Crippen molar-refractivity contribution in [3.8, 4) is 0 Å². The molecule has 0 saturated carbocycles. The lowest BCUT2D eigenvalue weighted by Crippen LogP contribution is -2.51. The van der Waals surface area contributed by atoms with Crippen molar-refractivity contribution in [3.05, 3.63) is 64.2 Å². The Labute approximate surface area is 222 Å². The number of amides is 3. The topological polar surface area (TPSA) is 87.7 Å². The van der Waals surface area contributed by atoms with E-state index >= 15 is 0 Å². The van der Waals surface area contributed by atoms with E-state index in [9.17, 15) is 14.4 Å². The molecule has 3 amide bonds. The van der Waals surface area contributed by atoms with Gasteiger partial charge in [-0.1, -0.05) is 50.2 Å². The Morgan fingerprint density at radius 1 is 0.892 bits per heavy atom. The zero-order valence-electron chi connectivity index (χ0n) is 24.0. The van der Waals surface area contributed by atoms with E-state index in [0.717, 1.165) is 33.5 Å². The van der Waals surface area contributed by atoms with Gasteiger partial charge in [-0.15, -0.1) is 0 Å². The SMILES string of the molecule is Cc1cccc(C)c1NC(=O)C(c1c(C)cccc1C)N(C)C(=O)C(CC(C)C)NC(=O)OC(C)(C)C. The predicted molar refractivity (Wildman–Crippen MR) is 149 cm³/mol. The van der Waals surface area contributed by atoms with Gasteiger partial charge in [0.15, 0.2) is 0 Å². The van der Waals surface area contributed by atoms with Gasteiger partial charge in [0, 0.05) is 12.7 Å². The molecular weight excluding hydrogens is 466 g/mol. The van der Waals surface area contributed by atoms with Gasteiger partial charge in [-0.2, -0.15) is 0 Å². The van der Waals surface area contributed by atoms with E-state index in [-0.39, 0.29) is 17.7 Å². The highest BCUT2D eigenvalue weighted by molar-refractivity contribution is 6.00. The first-order chi connectivity index (χ1) is 17.1. The highest BCUT2D eigenvalue weighted by atomic mass is 16.6. The van der Waals surface area contributed by atoms with Crippen LogP contribution in [0, 0.1) is 33.6 Å². The smallest absolute Gasteiger partial charge is 0.408 e. The number of benzene rings is 2. The van der Waals surface area contributed by atoms with E-state index in [2.05, 4.69) is 10.6 Å². The maximum absolute atomic E-state index is 13.9. The second-order valence-electron chi connectivity index (χ2n) is 11.2. The minimum Gasteiger partial charge on any atom is -0.444 e. The summed E-state index contributed by atoms with van der Waals surface area (Å²) in [4.78, 5) is 41.8. The number of ether oxygens (including phenoxy) is 1. The standard InChI is InChI=1S/C30H43N3O4/c1-18(2)17-23(31-29(36)37-30(7,8)9)28(35)33(10)26(24-19(3)13-11-14-20(24)4)27(34)32-25-21(5)15-12-16-22(25)6/h11-16,18,23,26H,17H2,1-10H3,(H,31,36)(H,32,34). The number of carbonyl (C=O) groups excluding carboxylic acids is 3. The molecular formula is C30H43N3O4. The van der Waals surface area contributed by atoms with Crippen molar-refractivity contribution in [2.75, 3.05) is 12.4 Å². The Bertz CT molecular complexity index is 1090. The summed E-state index contributed by atoms with van der Waals surface area (Å²) < 4.78 is 5.42. The zero-order valence-corrected chi connectivity index (χ0v) is 24.0. The average molecular weight is 510 g/mol. The summed E-state index contributed by atoms with van der Waals surface area (Å²) >= 11 is 0. The largest absolute Gasteiger partial charge is 0.444 e. The van der Waals surface area contributed by atoms with Crippen LogP contribution in [0.4, 0.5) is 10.5 Å². The third kappa shape index (κ3) is 8.07. The quantitative estimate of drug-likeness (QED) is 0.457. The molecule has 37 heavy (non-hydrogen) atoms. The lowest BCUT2D eigenvalue weighted by molar-refractivity contribution is -0.139. The molecule has 2 atom stereocenters. The number of nitrogens with zero attached hydrogens (tertiary/aromatic N) is 1. The molecule has 7 heteroatoms. The summed E-state index contributed by atoms with van der Waals surface area (Å²) in [5.41, 5.74) is 4.48.